The number of rotatable bonds is 0. The Morgan fingerprint density at radius 3 is 2.64 bits per heavy atom. The Balaban J connectivity index is 2.45. The van der Waals surface area contributed by atoms with Crippen LogP contribution in [0.25, 0.3) is 0 Å². The van der Waals surface area contributed by atoms with E-state index in [0.717, 1.165) is 17.7 Å². The van der Waals surface area contributed by atoms with Crippen LogP contribution in [0.4, 0.5) is 18.9 Å². The molecule has 0 unspecified atom stereocenters. The summed E-state index contributed by atoms with van der Waals surface area (Å²) in [5.41, 5.74) is 0.717. The summed E-state index contributed by atoms with van der Waals surface area (Å²) >= 11 is 0. The van der Waals surface area contributed by atoms with Crippen molar-refractivity contribution in [3.8, 4) is 0 Å². The summed E-state index contributed by atoms with van der Waals surface area (Å²) in [5, 5.41) is 1.35. The van der Waals surface area contributed by atoms with Crippen LogP contribution in [0.2, 0.25) is 0 Å². The summed E-state index contributed by atoms with van der Waals surface area (Å²) in [6.45, 7) is 0.580. The van der Waals surface area contributed by atoms with Gasteiger partial charge in [0.05, 0.1) is 11.3 Å². The lowest BCUT2D eigenvalue weighted by atomic mass is 10.1. The maximum atomic E-state index is 12.3. The molecule has 0 bridgehead atoms. The minimum Gasteiger partial charge on any atom is -0.310 e. The van der Waals surface area contributed by atoms with Crippen molar-refractivity contribution in [2.45, 2.75) is 12.6 Å². The zero-order valence-corrected chi connectivity index (χ0v) is 7.30. The average molecular weight is 202 g/mol. The van der Waals surface area contributed by atoms with Crippen molar-refractivity contribution in [3.63, 3.8) is 0 Å². The molecule has 1 aliphatic rings. The smallest absolute Gasteiger partial charge is 0.310 e. The monoisotopic (exact) mass is 202 g/mol. The van der Waals surface area contributed by atoms with Gasteiger partial charge in [-0.15, -0.1) is 0 Å². The van der Waals surface area contributed by atoms with Gasteiger partial charge in [0.1, 0.15) is 0 Å². The topological polar surface area (TPSA) is 29.3 Å². The van der Waals surface area contributed by atoms with E-state index in [1.165, 1.54) is 11.1 Å². The Morgan fingerprint density at radius 1 is 1.29 bits per heavy atom. The quantitative estimate of drug-likeness (QED) is 0.651. The lowest BCUT2D eigenvalue weighted by molar-refractivity contribution is -0.137. The molecule has 0 fully saturated rings. The molecule has 0 saturated heterocycles. The highest BCUT2D eigenvalue weighted by atomic mass is 19.4. The van der Waals surface area contributed by atoms with E-state index >= 15 is 0 Å². The van der Waals surface area contributed by atoms with E-state index < -0.39 is 11.7 Å². The second-order valence-corrected chi connectivity index (χ2v) is 3.28. The second kappa shape index (κ2) is 2.88. The number of alkyl halides is 3. The molecular weight excluding hydrogens is 193 g/mol. The van der Waals surface area contributed by atoms with Crippen LogP contribution >= 0.6 is 0 Å². The molecule has 2 rings (SSSR count). The fourth-order valence-electron chi connectivity index (χ4n) is 1.58. The average Bonchev–Trinajstić information content (AvgIpc) is 2.46. The first-order valence-electron chi connectivity index (χ1n) is 4.21. The van der Waals surface area contributed by atoms with E-state index in [-0.39, 0.29) is 0 Å². The minimum absolute atomic E-state index is 0.486. The molecule has 0 atom stereocenters. The van der Waals surface area contributed by atoms with Crippen molar-refractivity contribution in [2.75, 3.05) is 11.6 Å². The highest BCUT2D eigenvalue weighted by Crippen LogP contribution is 2.34. The molecule has 0 amide bonds. The Hall–Kier alpha value is -1.23. The summed E-state index contributed by atoms with van der Waals surface area (Å²) in [6.07, 6.45) is -3.58. The SMILES string of the molecule is NN1CCc2ccc(C(F)(F)F)cc21. The summed E-state index contributed by atoms with van der Waals surface area (Å²) in [5.74, 6) is 5.52. The summed E-state index contributed by atoms with van der Waals surface area (Å²) in [7, 11) is 0. The van der Waals surface area contributed by atoms with Crippen LogP contribution in [0, 0.1) is 0 Å². The van der Waals surface area contributed by atoms with Gasteiger partial charge >= 0.3 is 6.18 Å². The number of benzene rings is 1. The molecule has 14 heavy (non-hydrogen) atoms. The molecular formula is C9H9F3N2. The van der Waals surface area contributed by atoms with Crippen LogP contribution in [0.1, 0.15) is 11.1 Å². The Bertz CT molecular complexity index is 360. The fourth-order valence-corrected chi connectivity index (χ4v) is 1.58. The highest BCUT2D eigenvalue weighted by Gasteiger charge is 2.32. The Kier molecular flexibility index (Phi) is 1.92. The van der Waals surface area contributed by atoms with Gasteiger partial charge in [0.25, 0.3) is 0 Å². The fraction of sp³-hybridized carbons (Fsp3) is 0.333. The van der Waals surface area contributed by atoms with Gasteiger partial charge in [-0.25, -0.2) is 5.84 Å². The van der Waals surface area contributed by atoms with Gasteiger partial charge in [-0.2, -0.15) is 13.2 Å². The molecule has 1 aromatic rings. The van der Waals surface area contributed by atoms with E-state index in [9.17, 15) is 13.2 Å². The summed E-state index contributed by atoms with van der Waals surface area (Å²) in [4.78, 5) is 0. The lowest BCUT2D eigenvalue weighted by Gasteiger charge is -2.13. The highest BCUT2D eigenvalue weighted by molar-refractivity contribution is 5.58. The zero-order chi connectivity index (χ0) is 10.3. The van der Waals surface area contributed by atoms with Gasteiger partial charge in [-0.1, -0.05) is 6.07 Å². The third kappa shape index (κ3) is 1.43. The van der Waals surface area contributed by atoms with Crippen LogP contribution in [0.15, 0.2) is 18.2 Å². The van der Waals surface area contributed by atoms with Crippen molar-refractivity contribution in [1.82, 2.24) is 0 Å². The minimum atomic E-state index is -4.29. The number of hydrazine groups is 1. The number of anilines is 1. The van der Waals surface area contributed by atoms with Crippen molar-refractivity contribution in [3.05, 3.63) is 29.3 Å². The summed E-state index contributed by atoms with van der Waals surface area (Å²) in [6, 6.07) is 3.69. The molecule has 5 heteroatoms. The lowest BCUT2D eigenvalue weighted by Crippen LogP contribution is -2.28. The number of fused-ring (bicyclic) bond motifs is 1. The predicted molar refractivity (Wildman–Crippen MR) is 46.7 cm³/mol. The van der Waals surface area contributed by atoms with E-state index in [2.05, 4.69) is 0 Å². The first-order valence-corrected chi connectivity index (χ1v) is 4.21. The number of hydrogen-bond acceptors (Lipinski definition) is 2. The Labute approximate surface area is 79.1 Å². The molecule has 0 saturated carbocycles. The largest absolute Gasteiger partial charge is 0.416 e. The van der Waals surface area contributed by atoms with E-state index in [1.807, 2.05) is 0 Å². The van der Waals surface area contributed by atoms with Gasteiger partial charge in [0.2, 0.25) is 0 Å². The van der Waals surface area contributed by atoms with Gasteiger partial charge in [0.15, 0.2) is 0 Å². The van der Waals surface area contributed by atoms with E-state index in [1.54, 1.807) is 0 Å². The molecule has 2 N–H and O–H groups in total. The van der Waals surface area contributed by atoms with Crippen molar-refractivity contribution in [1.29, 1.82) is 0 Å². The molecule has 0 aromatic heterocycles. The molecule has 0 aliphatic carbocycles. The van der Waals surface area contributed by atoms with E-state index in [4.69, 9.17) is 5.84 Å². The summed E-state index contributed by atoms with van der Waals surface area (Å²) < 4.78 is 37.0. The maximum Gasteiger partial charge on any atom is 0.416 e. The first kappa shape index (κ1) is 9.33. The first-order chi connectivity index (χ1) is 6.48. The van der Waals surface area contributed by atoms with Crippen LogP contribution in [-0.4, -0.2) is 6.54 Å². The molecule has 1 aliphatic heterocycles. The predicted octanol–water partition coefficient (Wildman–Crippen LogP) is 1.94. The van der Waals surface area contributed by atoms with Crippen LogP contribution in [0.3, 0.4) is 0 Å². The molecule has 1 heterocycles. The number of halogens is 3. The van der Waals surface area contributed by atoms with Gasteiger partial charge in [-0.3, -0.25) is 0 Å². The third-order valence-corrected chi connectivity index (χ3v) is 2.34. The third-order valence-electron chi connectivity index (χ3n) is 2.34. The van der Waals surface area contributed by atoms with Crippen LogP contribution in [-0.2, 0) is 12.6 Å². The van der Waals surface area contributed by atoms with Crippen LogP contribution < -0.4 is 10.9 Å². The van der Waals surface area contributed by atoms with E-state index in [0.29, 0.717) is 18.7 Å². The second-order valence-electron chi connectivity index (χ2n) is 3.28. The van der Waals surface area contributed by atoms with Crippen molar-refractivity contribution < 1.29 is 13.2 Å². The molecule has 2 nitrogen and oxygen atoms in total. The molecule has 0 radical (unpaired) electrons. The molecule has 76 valence electrons. The normalized spacial score (nSPS) is 15.9. The van der Waals surface area contributed by atoms with Gasteiger partial charge < -0.3 is 5.01 Å². The standard InChI is InChI=1S/C9H9F3N2/c10-9(11,12)7-2-1-6-3-4-14(13)8(6)5-7/h1-2,5H,3-4,13H2. The van der Waals surface area contributed by atoms with Gasteiger partial charge in [-0.05, 0) is 24.1 Å². The zero-order valence-electron chi connectivity index (χ0n) is 7.30. The van der Waals surface area contributed by atoms with Gasteiger partial charge in [0, 0.05) is 6.54 Å². The number of hydrogen-bond donors (Lipinski definition) is 1. The van der Waals surface area contributed by atoms with Crippen LogP contribution in [0.5, 0.6) is 0 Å². The molecule has 1 aromatic carbocycles. The van der Waals surface area contributed by atoms with Crippen molar-refractivity contribution in [2.24, 2.45) is 5.84 Å². The Morgan fingerprint density at radius 2 is 2.00 bits per heavy atom. The molecule has 0 spiro atoms. The number of nitrogens with zero attached hydrogens (tertiary/aromatic N) is 1. The van der Waals surface area contributed by atoms with Crippen molar-refractivity contribution >= 4 is 5.69 Å². The number of nitrogens with two attached hydrogens (primary N) is 1. The maximum absolute atomic E-state index is 12.3.